The van der Waals surface area contributed by atoms with E-state index in [1.54, 1.807) is 13.0 Å². The second-order valence-electron chi connectivity index (χ2n) is 6.25. The number of aryl methyl sites for hydroxylation is 1. The number of fused-ring (bicyclic) bond motifs is 1. The molecule has 150 valence electrons. The summed E-state index contributed by atoms with van der Waals surface area (Å²) in [5, 5.41) is 2.56. The largest absolute Gasteiger partial charge is 0.492 e. The van der Waals surface area contributed by atoms with Crippen LogP contribution in [0.4, 0.5) is 16.2 Å². The first-order chi connectivity index (χ1) is 13.5. The average molecular weight is 404 g/mol. The molecular weight excluding hydrogens is 380 g/mol. The molecule has 2 aromatic carbocycles. The molecule has 0 unspecified atom stereocenters. The highest BCUT2D eigenvalue weighted by molar-refractivity contribution is 7.92. The fourth-order valence-electron chi connectivity index (χ4n) is 3.20. The zero-order valence-corrected chi connectivity index (χ0v) is 16.8. The van der Waals surface area contributed by atoms with Gasteiger partial charge in [0.15, 0.2) is 0 Å². The summed E-state index contributed by atoms with van der Waals surface area (Å²) in [5.41, 5.74) is 1.96. The lowest BCUT2D eigenvalue weighted by Crippen LogP contribution is -2.35. The van der Waals surface area contributed by atoms with E-state index in [4.69, 9.17) is 9.47 Å². The van der Waals surface area contributed by atoms with Gasteiger partial charge in [-0.15, -0.1) is 0 Å². The van der Waals surface area contributed by atoms with Crippen molar-refractivity contribution in [3.8, 4) is 5.75 Å². The van der Waals surface area contributed by atoms with Crippen molar-refractivity contribution in [2.75, 3.05) is 29.4 Å². The minimum atomic E-state index is -3.79. The third-order valence-electron chi connectivity index (χ3n) is 4.42. The van der Waals surface area contributed by atoms with E-state index in [1.165, 1.54) is 16.4 Å². The van der Waals surface area contributed by atoms with Crippen LogP contribution >= 0.6 is 0 Å². The van der Waals surface area contributed by atoms with Gasteiger partial charge in [0.2, 0.25) is 0 Å². The first kappa shape index (κ1) is 20.0. The Labute approximate surface area is 165 Å². The van der Waals surface area contributed by atoms with Gasteiger partial charge in [-0.25, -0.2) is 13.2 Å². The Balaban J connectivity index is 1.99. The minimum Gasteiger partial charge on any atom is -0.492 e. The summed E-state index contributed by atoms with van der Waals surface area (Å²) in [4.78, 5) is 11.9. The van der Waals surface area contributed by atoms with Crippen molar-refractivity contribution in [3.05, 3.63) is 48.0 Å². The number of sulfonamides is 1. The van der Waals surface area contributed by atoms with E-state index in [9.17, 15) is 13.2 Å². The normalized spacial score (nSPS) is 13.6. The molecule has 0 aromatic heterocycles. The van der Waals surface area contributed by atoms with Crippen LogP contribution in [0, 0.1) is 0 Å². The van der Waals surface area contributed by atoms with Crippen molar-refractivity contribution in [2.24, 2.45) is 0 Å². The number of hydrogen-bond donors (Lipinski definition) is 1. The number of benzene rings is 2. The van der Waals surface area contributed by atoms with Gasteiger partial charge in [-0.3, -0.25) is 9.62 Å². The van der Waals surface area contributed by atoms with Crippen LogP contribution in [0.5, 0.6) is 5.75 Å². The van der Waals surface area contributed by atoms with Crippen LogP contribution in [0.2, 0.25) is 0 Å². The summed E-state index contributed by atoms with van der Waals surface area (Å²) < 4.78 is 38.5. The second kappa shape index (κ2) is 8.52. The molecule has 8 heteroatoms. The van der Waals surface area contributed by atoms with Gasteiger partial charge in [0, 0.05) is 6.54 Å². The van der Waals surface area contributed by atoms with Gasteiger partial charge in [-0.1, -0.05) is 18.2 Å². The molecule has 2 aromatic rings. The van der Waals surface area contributed by atoms with Gasteiger partial charge in [0.1, 0.15) is 5.75 Å². The average Bonchev–Trinajstić information content (AvgIpc) is 2.69. The molecule has 0 saturated heterocycles. The van der Waals surface area contributed by atoms with Crippen LogP contribution in [0.1, 0.15) is 25.8 Å². The highest BCUT2D eigenvalue weighted by atomic mass is 32.2. The maximum absolute atomic E-state index is 13.3. The number of anilines is 2. The maximum atomic E-state index is 13.3. The Morgan fingerprint density at radius 2 is 1.93 bits per heavy atom. The standard InChI is InChI=1S/C20H24N2O5S/c1-3-26-19-12-11-16(14-17(19)21-20(23)27-4-2)28(24,25)22-13-7-9-15-8-5-6-10-18(15)22/h5-6,8,10-12,14H,3-4,7,9,13H2,1-2H3,(H,21,23). The maximum Gasteiger partial charge on any atom is 0.411 e. The lowest BCUT2D eigenvalue weighted by atomic mass is 10.0. The van der Waals surface area contributed by atoms with Crippen LogP contribution in [-0.4, -0.2) is 34.3 Å². The number of nitrogens with zero attached hydrogens (tertiary/aromatic N) is 1. The highest BCUT2D eigenvalue weighted by Gasteiger charge is 2.29. The van der Waals surface area contributed by atoms with Gasteiger partial charge < -0.3 is 9.47 Å². The molecule has 1 N–H and O–H groups in total. The fraction of sp³-hybridized carbons (Fsp3) is 0.350. The summed E-state index contributed by atoms with van der Waals surface area (Å²) >= 11 is 0. The summed E-state index contributed by atoms with van der Waals surface area (Å²) in [6, 6.07) is 12.0. The van der Waals surface area contributed by atoms with Gasteiger partial charge in [0.05, 0.1) is 29.5 Å². The molecule has 1 aliphatic heterocycles. The third kappa shape index (κ3) is 4.06. The summed E-state index contributed by atoms with van der Waals surface area (Å²) in [5.74, 6) is 0.383. The Morgan fingerprint density at radius 1 is 1.14 bits per heavy atom. The highest BCUT2D eigenvalue weighted by Crippen LogP contribution is 2.34. The molecule has 0 fully saturated rings. The lowest BCUT2D eigenvalue weighted by Gasteiger charge is -2.30. The van der Waals surface area contributed by atoms with Crippen molar-refractivity contribution >= 4 is 27.5 Å². The first-order valence-corrected chi connectivity index (χ1v) is 10.7. The number of hydrogen-bond acceptors (Lipinski definition) is 5. The zero-order chi connectivity index (χ0) is 20.1. The topological polar surface area (TPSA) is 84.9 Å². The van der Waals surface area contributed by atoms with Crippen LogP contribution in [-0.2, 0) is 21.2 Å². The zero-order valence-electron chi connectivity index (χ0n) is 16.0. The monoisotopic (exact) mass is 404 g/mol. The van der Waals surface area contributed by atoms with Gasteiger partial charge in [-0.2, -0.15) is 0 Å². The fourth-order valence-corrected chi connectivity index (χ4v) is 4.77. The van der Waals surface area contributed by atoms with Crippen LogP contribution < -0.4 is 14.4 Å². The number of carbonyl (C=O) groups is 1. The Hall–Kier alpha value is -2.74. The molecule has 0 radical (unpaired) electrons. The summed E-state index contributed by atoms with van der Waals surface area (Å²) in [6.07, 6.45) is 0.934. The quantitative estimate of drug-likeness (QED) is 0.792. The molecule has 7 nitrogen and oxygen atoms in total. The predicted molar refractivity (Wildman–Crippen MR) is 108 cm³/mol. The first-order valence-electron chi connectivity index (χ1n) is 9.28. The van der Waals surface area contributed by atoms with Crippen molar-refractivity contribution < 1.29 is 22.7 Å². The van der Waals surface area contributed by atoms with Crippen molar-refractivity contribution in [2.45, 2.75) is 31.6 Å². The van der Waals surface area contributed by atoms with E-state index in [0.29, 0.717) is 24.6 Å². The van der Waals surface area contributed by atoms with E-state index >= 15 is 0 Å². The molecule has 0 spiro atoms. The molecule has 3 rings (SSSR count). The number of carbonyl (C=O) groups excluding carboxylic acids is 1. The summed E-state index contributed by atoms with van der Waals surface area (Å²) in [6.45, 7) is 4.50. The number of rotatable bonds is 6. The van der Waals surface area contributed by atoms with Gasteiger partial charge in [0.25, 0.3) is 10.0 Å². The van der Waals surface area contributed by atoms with Crippen LogP contribution in [0.3, 0.4) is 0 Å². The van der Waals surface area contributed by atoms with E-state index < -0.39 is 16.1 Å². The number of ether oxygens (including phenoxy) is 2. The van der Waals surface area contributed by atoms with Crippen molar-refractivity contribution in [1.82, 2.24) is 0 Å². The van der Waals surface area contributed by atoms with Gasteiger partial charge in [-0.05, 0) is 56.5 Å². The van der Waals surface area contributed by atoms with Crippen LogP contribution in [0.15, 0.2) is 47.4 Å². The Kier molecular flexibility index (Phi) is 6.08. The van der Waals surface area contributed by atoms with Crippen molar-refractivity contribution in [1.29, 1.82) is 0 Å². The molecule has 0 aliphatic carbocycles. The Bertz CT molecular complexity index is 959. The van der Waals surface area contributed by atoms with E-state index in [0.717, 1.165) is 18.4 Å². The predicted octanol–water partition coefficient (Wildman–Crippen LogP) is 3.80. The minimum absolute atomic E-state index is 0.0828. The number of amides is 1. The SMILES string of the molecule is CCOC(=O)Nc1cc(S(=O)(=O)N2CCCc3ccccc32)ccc1OCC. The molecule has 1 aliphatic rings. The molecule has 0 saturated carbocycles. The lowest BCUT2D eigenvalue weighted by molar-refractivity contribution is 0.167. The molecular formula is C20H24N2O5S. The molecule has 28 heavy (non-hydrogen) atoms. The van der Waals surface area contributed by atoms with Gasteiger partial charge >= 0.3 is 6.09 Å². The Morgan fingerprint density at radius 3 is 2.68 bits per heavy atom. The number of para-hydroxylation sites is 1. The second-order valence-corrected chi connectivity index (χ2v) is 8.11. The van der Waals surface area contributed by atoms with Crippen LogP contribution in [0.25, 0.3) is 0 Å². The third-order valence-corrected chi connectivity index (χ3v) is 6.23. The smallest absolute Gasteiger partial charge is 0.411 e. The molecule has 1 amide bonds. The summed E-state index contributed by atoms with van der Waals surface area (Å²) in [7, 11) is -3.79. The van der Waals surface area contributed by atoms with E-state index in [1.807, 2.05) is 31.2 Å². The number of nitrogens with one attached hydrogen (secondary N) is 1. The molecule has 0 bridgehead atoms. The van der Waals surface area contributed by atoms with E-state index in [2.05, 4.69) is 5.32 Å². The molecule has 1 heterocycles. The molecule has 0 atom stereocenters. The van der Waals surface area contributed by atoms with Crippen molar-refractivity contribution in [3.63, 3.8) is 0 Å². The van der Waals surface area contributed by atoms with E-state index in [-0.39, 0.29) is 17.2 Å².